The molecule has 1 N–H and O–H groups in total. The SMILES string of the molecule is O=[N+]([O-])c1ccc(C2Oc3ccccc3C3C=C(c4ccccc4)NN32)s1. The summed E-state index contributed by atoms with van der Waals surface area (Å²) in [5.74, 6) is 0.798. The minimum atomic E-state index is -0.443. The van der Waals surface area contributed by atoms with E-state index in [-0.39, 0.29) is 16.0 Å². The van der Waals surface area contributed by atoms with Crippen molar-refractivity contribution in [3.05, 3.63) is 98.9 Å². The van der Waals surface area contributed by atoms with Gasteiger partial charge in [0.1, 0.15) is 5.75 Å². The average molecular weight is 377 g/mol. The molecule has 2 atom stereocenters. The van der Waals surface area contributed by atoms with Gasteiger partial charge in [0, 0.05) is 11.6 Å². The van der Waals surface area contributed by atoms with Crippen molar-refractivity contribution in [3.8, 4) is 5.75 Å². The number of hydrogen-bond donors (Lipinski definition) is 1. The van der Waals surface area contributed by atoms with Gasteiger partial charge in [0.25, 0.3) is 0 Å². The smallest absolute Gasteiger partial charge is 0.324 e. The van der Waals surface area contributed by atoms with Crippen molar-refractivity contribution in [1.82, 2.24) is 10.4 Å². The zero-order valence-electron chi connectivity index (χ0n) is 14.1. The molecule has 3 heterocycles. The fourth-order valence-corrected chi connectivity index (χ4v) is 4.33. The topological polar surface area (TPSA) is 67.6 Å². The fourth-order valence-electron chi connectivity index (χ4n) is 3.48. The van der Waals surface area contributed by atoms with Crippen LogP contribution in [0.3, 0.4) is 0 Å². The van der Waals surface area contributed by atoms with E-state index in [9.17, 15) is 10.1 Å². The molecule has 0 fully saturated rings. The number of thiophene rings is 1. The second-order valence-electron chi connectivity index (χ2n) is 6.35. The molecule has 0 saturated heterocycles. The quantitative estimate of drug-likeness (QED) is 0.532. The molecule has 0 bridgehead atoms. The molecule has 6 nitrogen and oxygen atoms in total. The van der Waals surface area contributed by atoms with Crippen molar-refractivity contribution in [2.75, 3.05) is 0 Å². The Kier molecular flexibility index (Phi) is 3.70. The molecule has 1 aromatic heterocycles. The van der Waals surface area contributed by atoms with Crippen LogP contribution in [0.15, 0.2) is 72.8 Å². The van der Waals surface area contributed by atoms with E-state index in [1.807, 2.05) is 47.5 Å². The van der Waals surface area contributed by atoms with Crippen LogP contribution in [0.1, 0.15) is 28.3 Å². The number of ether oxygens (including phenoxy) is 1. The van der Waals surface area contributed by atoms with Crippen LogP contribution in [0.5, 0.6) is 5.75 Å². The number of nitrogens with one attached hydrogen (secondary N) is 1. The van der Waals surface area contributed by atoms with Gasteiger partial charge in [0.05, 0.1) is 21.5 Å². The monoisotopic (exact) mass is 377 g/mol. The first-order chi connectivity index (χ1) is 13.2. The molecule has 0 radical (unpaired) electrons. The third-order valence-corrected chi connectivity index (χ3v) is 5.79. The number of para-hydroxylation sites is 1. The number of rotatable bonds is 3. The van der Waals surface area contributed by atoms with Gasteiger partial charge < -0.3 is 10.2 Å². The lowest BCUT2D eigenvalue weighted by Gasteiger charge is -2.38. The maximum atomic E-state index is 11.1. The highest BCUT2D eigenvalue weighted by molar-refractivity contribution is 7.15. The molecule has 0 spiro atoms. The van der Waals surface area contributed by atoms with Crippen LogP contribution in [-0.2, 0) is 0 Å². The Bertz CT molecular complexity index is 1050. The fraction of sp³-hybridized carbons (Fsp3) is 0.100. The van der Waals surface area contributed by atoms with Crippen LogP contribution in [0.4, 0.5) is 5.00 Å². The number of nitro groups is 1. The van der Waals surface area contributed by atoms with Gasteiger partial charge in [-0.3, -0.25) is 10.1 Å². The van der Waals surface area contributed by atoms with Gasteiger partial charge in [0.15, 0.2) is 0 Å². The summed E-state index contributed by atoms with van der Waals surface area (Å²) >= 11 is 1.14. The molecule has 2 aliphatic rings. The van der Waals surface area contributed by atoms with Gasteiger partial charge in [-0.1, -0.05) is 59.9 Å². The molecule has 2 aliphatic heterocycles. The lowest BCUT2D eigenvalue weighted by molar-refractivity contribution is -0.380. The molecular weight excluding hydrogens is 362 g/mol. The highest BCUT2D eigenvalue weighted by Gasteiger charge is 2.41. The molecule has 0 amide bonds. The molecule has 2 unspecified atom stereocenters. The molecule has 2 aromatic carbocycles. The van der Waals surface area contributed by atoms with Gasteiger partial charge in [-0.15, -0.1) is 0 Å². The summed E-state index contributed by atoms with van der Waals surface area (Å²) < 4.78 is 6.23. The molecular formula is C20H15N3O3S. The van der Waals surface area contributed by atoms with E-state index in [0.29, 0.717) is 0 Å². The van der Waals surface area contributed by atoms with Gasteiger partial charge in [-0.25, -0.2) is 0 Å². The Morgan fingerprint density at radius 1 is 1.04 bits per heavy atom. The van der Waals surface area contributed by atoms with Crippen LogP contribution in [-0.4, -0.2) is 9.93 Å². The van der Waals surface area contributed by atoms with Crippen molar-refractivity contribution in [1.29, 1.82) is 0 Å². The van der Waals surface area contributed by atoms with E-state index in [1.165, 1.54) is 6.07 Å². The number of nitrogens with zero attached hydrogens (tertiary/aromatic N) is 2. The largest absolute Gasteiger partial charge is 0.468 e. The van der Waals surface area contributed by atoms with Crippen LogP contribution < -0.4 is 10.2 Å². The number of benzene rings is 2. The highest BCUT2D eigenvalue weighted by atomic mass is 32.1. The maximum absolute atomic E-state index is 11.1. The van der Waals surface area contributed by atoms with E-state index in [4.69, 9.17) is 4.74 Å². The zero-order valence-corrected chi connectivity index (χ0v) is 14.9. The molecule has 134 valence electrons. The standard InChI is InChI=1S/C20H15N3O3S/c24-23(25)19-11-10-18(27-19)20-22-16(14-8-4-5-9-17(14)26-20)12-15(21-22)13-6-2-1-3-7-13/h1-12,16,20-21H. The Balaban J connectivity index is 1.57. The Morgan fingerprint density at radius 3 is 2.59 bits per heavy atom. The van der Waals surface area contributed by atoms with Crippen molar-refractivity contribution in [2.45, 2.75) is 12.3 Å². The van der Waals surface area contributed by atoms with Gasteiger partial charge in [0.2, 0.25) is 6.23 Å². The van der Waals surface area contributed by atoms with Crippen LogP contribution in [0.25, 0.3) is 5.70 Å². The molecule has 7 heteroatoms. The first-order valence-corrected chi connectivity index (χ1v) is 9.34. The maximum Gasteiger partial charge on any atom is 0.324 e. The second kappa shape index (κ2) is 6.22. The predicted molar refractivity (Wildman–Crippen MR) is 103 cm³/mol. The van der Waals surface area contributed by atoms with Crippen molar-refractivity contribution in [2.24, 2.45) is 0 Å². The Morgan fingerprint density at radius 2 is 1.81 bits per heavy atom. The van der Waals surface area contributed by atoms with Crippen molar-refractivity contribution < 1.29 is 9.66 Å². The lowest BCUT2D eigenvalue weighted by atomic mass is 10.0. The van der Waals surface area contributed by atoms with Crippen molar-refractivity contribution in [3.63, 3.8) is 0 Å². The first kappa shape index (κ1) is 16.0. The number of fused-ring (bicyclic) bond motifs is 3. The normalized spacial score (nSPS) is 20.8. The molecule has 0 saturated carbocycles. The van der Waals surface area contributed by atoms with E-state index in [0.717, 1.165) is 38.8 Å². The molecule has 27 heavy (non-hydrogen) atoms. The molecule has 3 aromatic rings. The third-order valence-electron chi connectivity index (χ3n) is 4.72. The van der Waals surface area contributed by atoms with E-state index < -0.39 is 6.23 Å². The number of hydrazine groups is 1. The lowest BCUT2D eigenvalue weighted by Crippen LogP contribution is -2.42. The summed E-state index contributed by atoms with van der Waals surface area (Å²) in [7, 11) is 0. The van der Waals surface area contributed by atoms with E-state index in [2.05, 4.69) is 23.6 Å². The average Bonchev–Trinajstić information content (AvgIpc) is 3.36. The third kappa shape index (κ3) is 2.68. The minimum absolute atomic E-state index is 0.0173. The van der Waals surface area contributed by atoms with Crippen LogP contribution in [0.2, 0.25) is 0 Å². The predicted octanol–water partition coefficient (Wildman–Crippen LogP) is 4.65. The van der Waals surface area contributed by atoms with Crippen molar-refractivity contribution >= 4 is 22.0 Å². The summed E-state index contributed by atoms with van der Waals surface area (Å²) in [6, 6.07) is 21.3. The summed E-state index contributed by atoms with van der Waals surface area (Å²) in [6.45, 7) is 0. The van der Waals surface area contributed by atoms with Gasteiger partial charge >= 0.3 is 5.00 Å². The van der Waals surface area contributed by atoms with Gasteiger partial charge in [-0.05, 0) is 23.8 Å². The van der Waals surface area contributed by atoms with Crippen LogP contribution >= 0.6 is 11.3 Å². The second-order valence-corrected chi connectivity index (χ2v) is 7.45. The molecule has 5 rings (SSSR count). The summed E-state index contributed by atoms with van der Waals surface area (Å²) in [6.07, 6.45) is 1.73. The Hall–Kier alpha value is -3.16. The first-order valence-electron chi connectivity index (χ1n) is 8.52. The molecule has 0 aliphatic carbocycles. The summed E-state index contributed by atoms with van der Waals surface area (Å²) in [5.41, 5.74) is 6.59. The zero-order chi connectivity index (χ0) is 18.4. The summed E-state index contributed by atoms with van der Waals surface area (Å²) in [4.78, 5) is 11.5. The van der Waals surface area contributed by atoms with E-state index >= 15 is 0 Å². The summed E-state index contributed by atoms with van der Waals surface area (Å²) in [5, 5.41) is 13.2. The Labute approximate surface area is 159 Å². The van der Waals surface area contributed by atoms with Gasteiger partial charge in [-0.2, -0.15) is 5.01 Å². The van der Waals surface area contributed by atoms with Crippen LogP contribution in [0, 0.1) is 10.1 Å². The highest BCUT2D eigenvalue weighted by Crippen LogP contribution is 2.47. The minimum Gasteiger partial charge on any atom is -0.468 e. The van der Waals surface area contributed by atoms with E-state index in [1.54, 1.807) is 6.07 Å². The number of hydrogen-bond acceptors (Lipinski definition) is 6.